The first-order valence-electron chi connectivity index (χ1n) is 4.35. The summed E-state index contributed by atoms with van der Waals surface area (Å²) >= 11 is 0. The number of benzene rings is 1. The second kappa shape index (κ2) is 3.49. The van der Waals surface area contributed by atoms with Gasteiger partial charge in [-0.15, -0.1) is 0 Å². The molecular weight excluding hydrogens is 194 g/mol. The Morgan fingerprint density at radius 2 is 1.73 bits per heavy atom. The number of nitrogens with one attached hydrogen (secondary N) is 1. The first-order chi connectivity index (χ1) is 7.18. The fraction of sp³-hybridized carbons (Fsp3) is 0. The molecule has 1 N–H and O–H groups in total. The van der Waals surface area contributed by atoms with Gasteiger partial charge >= 0.3 is 0 Å². The molecule has 1 heterocycles. The van der Waals surface area contributed by atoms with Crippen LogP contribution in [-0.2, 0) is 9.59 Å². The molecule has 2 amide bonds. The van der Waals surface area contributed by atoms with E-state index in [4.69, 9.17) is 0 Å². The number of hydrogen-bond donors (Lipinski definition) is 1. The van der Waals surface area contributed by atoms with Crippen LogP contribution in [0.2, 0.25) is 0 Å². The van der Waals surface area contributed by atoms with Crippen LogP contribution in [0.3, 0.4) is 0 Å². The van der Waals surface area contributed by atoms with Crippen LogP contribution in [-0.4, -0.2) is 17.6 Å². The van der Waals surface area contributed by atoms with Gasteiger partial charge in [0.15, 0.2) is 5.78 Å². The number of ketones is 1. The molecule has 0 aromatic heterocycles. The SMILES string of the molecule is O=C1C=C(C(=O)c2ccccc2)C(=O)N1. The predicted molar refractivity (Wildman–Crippen MR) is 52.0 cm³/mol. The maximum Gasteiger partial charge on any atom is 0.262 e. The number of imide groups is 1. The largest absolute Gasteiger partial charge is 0.289 e. The second-order valence-electron chi connectivity index (χ2n) is 3.07. The summed E-state index contributed by atoms with van der Waals surface area (Å²) in [6, 6.07) is 8.36. The lowest BCUT2D eigenvalue weighted by Crippen LogP contribution is -2.24. The van der Waals surface area contributed by atoms with E-state index in [-0.39, 0.29) is 5.57 Å². The van der Waals surface area contributed by atoms with Gasteiger partial charge in [-0.3, -0.25) is 19.7 Å². The van der Waals surface area contributed by atoms with Crippen LogP contribution >= 0.6 is 0 Å². The average molecular weight is 201 g/mol. The summed E-state index contributed by atoms with van der Waals surface area (Å²) in [5.74, 6) is -1.60. The average Bonchev–Trinajstić information content (AvgIpc) is 2.58. The zero-order valence-electron chi connectivity index (χ0n) is 7.69. The second-order valence-corrected chi connectivity index (χ2v) is 3.07. The Hall–Kier alpha value is -2.23. The summed E-state index contributed by atoms with van der Waals surface area (Å²) in [7, 11) is 0. The molecule has 4 nitrogen and oxygen atoms in total. The molecule has 0 bridgehead atoms. The molecule has 0 fully saturated rings. The van der Waals surface area contributed by atoms with E-state index in [0.717, 1.165) is 6.08 Å². The summed E-state index contributed by atoms with van der Waals surface area (Å²) in [5.41, 5.74) is 0.291. The van der Waals surface area contributed by atoms with E-state index in [1.807, 2.05) is 5.32 Å². The van der Waals surface area contributed by atoms with E-state index in [0.29, 0.717) is 5.56 Å². The minimum atomic E-state index is -0.631. The monoisotopic (exact) mass is 201 g/mol. The lowest BCUT2D eigenvalue weighted by molar-refractivity contribution is -0.123. The van der Waals surface area contributed by atoms with Crippen molar-refractivity contribution < 1.29 is 14.4 Å². The van der Waals surface area contributed by atoms with Crippen molar-refractivity contribution >= 4 is 17.6 Å². The fourth-order valence-corrected chi connectivity index (χ4v) is 1.33. The molecule has 74 valence electrons. The summed E-state index contributed by atoms with van der Waals surface area (Å²) in [5, 5.41) is 2.03. The number of amides is 2. The van der Waals surface area contributed by atoms with Crippen molar-refractivity contribution in [3.8, 4) is 0 Å². The molecule has 0 radical (unpaired) electrons. The number of carbonyl (C=O) groups excluding carboxylic acids is 3. The molecule has 0 saturated carbocycles. The highest BCUT2D eigenvalue weighted by molar-refractivity contribution is 6.33. The van der Waals surface area contributed by atoms with Gasteiger partial charge in [0.1, 0.15) is 0 Å². The van der Waals surface area contributed by atoms with Crippen molar-refractivity contribution in [2.45, 2.75) is 0 Å². The lowest BCUT2D eigenvalue weighted by Gasteiger charge is -1.98. The molecule has 0 saturated heterocycles. The standard InChI is InChI=1S/C11H7NO3/c13-9-6-8(11(15)12-9)10(14)7-4-2-1-3-5-7/h1-6H,(H,12,13,15). The Labute approximate surface area is 85.6 Å². The summed E-state index contributed by atoms with van der Waals surface area (Å²) < 4.78 is 0. The zero-order valence-corrected chi connectivity index (χ0v) is 7.69. The van der Waals surface area contributed by atoms with Crippen LogP contribution in [0.5, 0.6) is 0 Å². The van der Waals surface area contributed by atoms with E-state index in [9.17, 15) is 14.4 Å². The molecular formula is C11H7NO3. The molecule has 2 rings (SSSR count). The smallest absolute Gasteiger partial charge is 0.262 e. The maximum absolute atomic E-state index is 11.7. The number of Topliss-reactive ketones (excluding diaryl/α,β-unsaturated/α-hetero) is 1. The minimum Gasteiger partial charge on any atom is -0.289 e. The Bertz CT molecular complexity index is 474. The molecule has 1 aromatic rings. The molecule has 0 aliphatic carbocycles. The Balaban J connectivity index is 2.34. The third-order valence-electron chi connectivity index (χ3n) is 2.04. The molecule has 0 spiro atoms. The van der Waals surface area contributed by atoms with E-state index in [1.165, 1.54) is 0 Å². The first-order valence-corrected chi connectivity index (χ1v) is 4.35. The number of carbonyl (C=O) groups is 3. The van der Waals surface area contributed by atoms with Crippen molar-refractivity contribution in [3.05, 3.63) is 47.5 Å². The molecule has 0 atom stereocenters. The van der Waals surface area contributed by atoms with Gasteiger partial charge in [0.2, 0.25) is 0 Å². The quantitative estimate of drug-likeness (QED) is 0.429. The van der Waals surface area contributed by atoms with E-state index in [2.05, 4.69) is 0 Å². The zero-order chi connectivity index (χ0) is 10.8. The third-order valence-corrected chi connectivity index (χ3v) is 2.04. The highest BCUT2D eigenvalue weighted by Gasteiger charge is 2.27. The van der Waals surface area contributed by atoms with Crippen molar-refractivity contribution in [2.75, 3.05) is 0 Å². The van der Waals surface area contributed by atoms with Gasteiger partial charge in [0.05, 0.1) is 5.57 Å². The maximum atomic E-state index is 11.7. The molecule has 0 unspecified atom stereocenters. The third kappa shape index (κ3) is 1.69. The van der Waals surface area contributed by atoms with Crippen LogP contribution in [0.1, 0.15) is 10.4 Å². The molecule has 1 aliphatic rings. The predicted octanol–water partition coefficient (Wildman–Crippen LogP) is 0.452. The molecule has 1 aromatic carbocycles. The Kier molecular flexibility index (Phi) is 2.17. The van der Waals surface area contributed by atoms with Gasteiger partial charge < -0.3 is 0 Å². The van der Waals surface area contributed by atoms with Crippen LogP contribution in [0, 0.1) is 0 Å². The Morgan fingerprint density at radius 3 is 2.27 bits per heavy atom. The number of hydrogen-bond acceptors (Lipinski definition) is 3. The van der Waals surface area contributed by atoms with Crippen molar-refractivity contribution in [1.82, 2.24) is 5.32 Å². The van der Waals surface area contributed by atoms with Gasteiger partial charge in [-0.05, 0) is 0 Å². The molecule has 1 aliphatic heterocycles. The summed E-state index contributed by atoms with van der Waals surface area (Å²) in [6.07, 6.45) is 1.03. The van der Waals surface area contributed by atoms with Crippen LogP contribution in [0.15, 0.2) is 42.0 Å². The van der Waals surface area contributed by atoms with E-state index in [1.54, 1.807) is 30.3 Å². The normalized spacial score (nSPS) is 14.8. The highest BCUT2D eigenvalue weighted by Crippen LogP contribution is 2.11. The minimum absolute atomic E-state index is 0.105. The molecule has 15 heavy (non-hydrogen) atoms. The summed E-state index contributed by atoms with van der Waals surface area (Å²) in [4.78, 5) is 33.7. The number of rotatable bonds is 2. The Morgan fingerprint density at radius 1 is 1.07 bits per heavy atom. The lowest BCUT2D eigenvalue weighted by atomic mass is 10.0. The molecule has 4 heteroatoms. The van der Waals surface area contributed by atoms with Gasteiger partial charge in [-0.1, -0.05) is 30.3 Å². The van der Waals surface area contributed by atoms with E-state index >= 15 is 0 Å². The highest BCUT2D eigenvalue weighted by atomic mass is 16.2. The van der Waals surface area contributed by atoms with Crippen LogP contribution < -0.4 is 5.32 Å². The topological polar surface area (TPSA) is 63.2 Å². The van der Waals surface area contributed by atoms with Gasteiger partial charge in [-0.25, -0.2) is 0 Å². The van der Waals surface area contributed by atoms with Gasteiger partial charge in [0, 0.05) is 11.6 Å². The van der Waals surface area contributed by atoms with Gasteiger partial charge in [0.25, 0.3) is 11.8 Å². The van der Waals surface area contributed by atoms with Crippen LogP contribution in [0.25, 0.3) is 0 Å². The van der Waals surface area contributed by atoms with Crippen LogP contribution in [0.4, 0.5) is 0 Å². The van der Waals surface area contributed by atoms with Crippen molar-refractivity contribution in [3.63, 3.8) is 0 Å². The summed E-state index contributed by atoms with van der Waals surface area (Å²) in [6.45, 7) is 0. The first kappa shape index (κ1) is 9.33. The van der Waals surface area contributed by atoms with Crippen molar-refractivity contribution in [2.24, 2.45) is 0 Å². The van der Waals surface area contributed by atoms with Gasteiger partial charge in [-0.2, -0.15) is 0 Å². The van der Waals surface area contributed by atoms with Crippen molar-refractivity contribution in [1.29, 1.82) is 0 Å². The fourth-order valence-electron chi connectivity index (χ4n) is 1.33. The van der Waals surface area contributed by atoms with E-state index < -0.39 is 17.6 Å².